The minimum Gasteiger partial charge on any atom is -0.392 e. The van der Waals surface area contributed by atoms with Gasteiger partial charge in [0.25, 0.3) is 0 Å². The molecule has 0 aliphatic carbocycles. The van der Waals surface area contributed by atoms with Crippen molar-refractivity contribution < 1.29 is 27.3 Å². The van der Waals surface area contributed by atoms with E-state index in [-0.39, 0.29) is 41.4 Å². The molecule has 0 bridgehead atoms. The average Bonchev–Trinajstić information content (AvgIpc) is 2.21. The Balaban J connectivity index is -0.000000218. The second kappa shape index (κ2) is 14.4. The molecule has 0 saturated carbocycles. The Hall–Kier alpha value is 0.359. The minimum absolute atomic E-state index is 0. The van der Waals surface area contributed by atoms with E-state index in [0.717, 1.165) is 12.8 Å². The van der Waals surface area contributed by atoms with Gasteiger partial charge in [-0.25, -0.2) is 0 Å². The second-order valence-corrected chi connectivity index (χ2v) is 4.09. The van der Waals surface area contributed by atoms with E-state index < -0.39 is 0 Å². The summed E-state index contributed by atoms with van der Waals surface area (Å²) in [5.74, 6) is 0. The standard InChI is InChI=1S/2C6H15NO.Cu/c2*1-4-6(7-3)5(2)8;/h2*5-8H,4H2,1-3H3;. The number of likely N-dealkylation sites (N-methyl/N-ethyl adjacent to an activating group) is 2. The summed E-state index contributed by atoms with van der Waals surface area (Å²) in [6, 6.07) is 0.519. The molecular weight excluding hydrogens is 268 g/mol. The van der Waals surface area contributed by atoms with E-state index in [1.165, 1.54) is 0 Å². The predicted octanol–water partition coefficient (Wildman–Crippen LogP) is 0.728. The third kappa shape index (κ3) is 12.6. The fraction of sp³-hybridized carbons (Fsp3) is 1.00. The summed E-state index contributed by atoms with van der Waals surface area (Å²) in [4.78, 5) is 0. The zero-order chi connectivity index (χ0) is 13.1. The van der Waals surface area contributed by atoms with Gasteiger partial charge >= 0.3 is 0 Å². The van der Waals surface area contributed by atoms with Crippen LogP contribution in [0.25, 0.3) is 0 Å². The third-order valence-corrected chi connectivity index (χ3v) is 2.79. The summed E-state index contributed by atoms with van der Waals surface area (Å²) >= 11 is 0. The first-order chi connectivity index (χ1) is 7.44. The first kappa shape index (κ1) is 22.5. The summed E-state index contributed by atoms with van der Waals surface area (Å²) in [6.45, 7) is 7.69. The number of rotatable bonds is 6. The van der Waals surface area contributed by atoms with E-state index in [9.17, 15) is 0 Å². The topological polar surface area (TPSA) is 64.5 Å². The number of hydrogen-bond acceptors (Lipinski definition) is 4. The van der Waals surface area contributed by atoms with Crippen molar-refractivity contribution in [2.45, 2.75) is 64.8 Å². The Labute approximate surface area is 117 Å². The zero-order valence-electron chi connectivity index (χ0n) is 11.9. The number of aliphatic hydroxyl groups is 2. The average molecular weight is 298 g/mol. The Kier molecular flexibility index (Phi) is 19.1. The molecule has 4 unspecified atom stereocenters. The third-order valence-electron chi connectivity index (χ3n) is 2.79. The molecule has 0 aliphatic rings. The number of hydrogen-bond donors (Lipinski definition) is 4. The molecule has 0 rings (SSSR count). The van der Waals surface area contributed by atoms with Gasteiger partial charge < -0.3 is 20.8 Å². The SMILES string of the molecule is CCC(NC)C(C)O.CCC(NC)C(C)O.[Cu]. The van der Waals surface area contributed by atoms with Gasteiger partial charge in [0.1, 0.15) is 0 Å². The van der Waals surface area contributed by atoms with Crippen LogP contribution in [0.4, 0.5) is 0 Å². The van der Waals surface area contributed by atoms with E-state index in [2.05, 4.69) is 10.6 Å². The molecule has 0 aromatic carbocycles. The monoisotopic (exact) mass is 297 g/mol. The Morgan fingerprint density at radius 2 is 1.06 bits per heavy atom. The molecule has 0 aromatic heterocycles. The molecule has 0 aliphatic heterocycles. The normalized spacial score (nSPS) is 16.9. The fourth-order valence-electron chi connectivity index (χ4n) is 1.57. The van der Waals surface area contributed by atoms with Crippen molar-refractivity contribution in [2.75, 3.05) is 14.1 Å². The summed E-state index contributed by atoms with van der Waals surface area (Å²) in [5.41, 5.74) is 0. The van der Waals surface area contributed by atoms with Crippen LogP contribution in [0.1, 0.15) is 40.5 Å². The Morgan fingerprint density at radius 3 is 1.06 bits per heavy atom. The van der Waals surface area contributed by atoms with Gasteiger partial charge in [-0.05, 0) is 40.8 Å². The van der Waals surface area contributed by atoms with Crippen LogP contribution in [-0.4, -0.2) is 48.6 Å². The molecule has 4 nitrogen and oxygen atoms in total. The molecular formula is C12H30CuN2O2. The number of aliphatic hydroxyl groups excluding tert-OH is 2. The molecule has 0 spiro atoms. The molecule has 0 fully saturated rings. The van der Waals surface area contributed by atoms with Gasteiger partial charge in [0.05, 0.1) is 12.2 Å². The van der Waals surface area contributed by atoms with E-state index >= 15 is 0 Å². The van der Waals surface area contributed by atoms with E-state index in [1.54, 1.807) is 13.8 Å². The molecule has 4 N–H and O–H groups in total. The molecule has 0 amide bonds. The second-order valence-electron chi connectivity index (χ2n) is 4.09. The molecule has 0 heterocycles. The van der Waals surface area contributed by atoms with Gasteiger partial charge in [-0.3, -0.25) is 0 Å². The molecule has 5 heteroatoms. The summed E-state index contributed by atoms with van der Waals surface area (Å²) in [5, 5.41) is 23.9. The maximum Gasteiger partial charge on any atom is 0.0664 e. The molecule has 0 aromatic rings. The Morgan fingerprint density at radius 1 is 0.824 bits per heavy atom. The van der Waals surface area contributed by atoms with Crippen molar-refractivity contribution in [1.29, 1.82) is 0 Å². The smallest absolute Gasteiger partial charge is 0.0664 e. The van der Waals surface area contributed by atoms with Gasteiger partial charge in [0.15, 0.2) is 0 Å². The molecule has 17 heavy (non-hydrogen) atoms. The first-order valence-electron chi connectivity index (χ1n) is 6.15. The van der Waals surface area contributed by atoms with Gasteiger partial charge in [0.2, 0.25) is 0 Å². The van der Waals surface area contributed by atoms with Crippen LogP contribution < -0.4 is 10.6 Å². The van der Waals surface area contributed by atoms with E-state index in [1.807, 2.05) is 27.9 Å². The van der Waals surface area contributed by atoms with Gasteiger partial charge in [-0.15, -0.1) is 0 Å². The van der Waals surface area contributed by atoms with E-state index in [4.69, 9.17) is 10.2 Å². The van der Waals surface area contributed by atoms with Crippen molar-refractivity contribution in [1.82, 2.24) is 10.6 Å². The molecule has 0 saturated heterocycles. The number of nitrogens with one attached hydrogen (secondary N) is 2. The zero-order valence-corrected chi connectivity index (χ0v) is 12.9. The van der Waals surface area contributed by atoms with Crippen LogP contribution in [0.3, 0.4) is 0 Å². The van der Waals surface area contributed by atoms with Crippen molar-refractivity contribution in [2.24, 2.45) is 0 Å². The maximum absolute atomic E-state index is 8.95. The molecule has 4 atom stereocenters. The summed E-state index contributed by atoms with van der Waals surface area (Å²) < 4.78 is 0. The molecule has 1 radical (unpaired) electrons. The van der Waals surface area contributed by atoms with Crippen molar-refractivity contribution in [3.8, 4) is 0 Å². The predicted molar refractivity (Wildman–Crippen MR) is 69.6 cm³/mol. The Bertz CT molecular complexity index is 122. The van der Waals surface area contributed by atoms with Crippen LogP contribution in [0.5, 0.6) is 0 Å². The first-order valence-corrected chi connectivity index (χ1v) is 6.15. The summed E-state index contributed by atoms with van der Waals surface area (Å²) in [6.07, 6.45) is 1.50. The maximum atomic E-state index is 8.95. The van der Waals surface area contributed by atoms with Crippen LogP contribution in [0, 0.1) is 0 Å². The van der Waals surface area contributed by atoms with Gasteiger partial charge in [-0.2, -0.15) is 0 Å². The van der Waals surface area contributed by atoms with Gasteiger partial charge in [-0.1, -0.05) is 13.8 Å². The van der Waals surface area contributed by atoms with Crippen molar-refractivity contribution >= 4 is 0 Å². The summed E-state index contributed by atoms with van der Waals surface area (Å²) in [7, 11) is 3.72. The van der Waals surface area contributed by atoms with Gasteiger partial charge in [0, 0.05) is 29.2 Å². The quantitative estimate of drug-likeness (QED) is 0.546. The van der Waals surface area contributed by atoms with Crippen LogP contribution >= 0.6 is 0 Å². The van der Waals surface area contributed by atoms with Crippen molar-refractivity contribution in [3.63, 3.8) is 0 Å². The minimum atomic E-state index is -0.231. The largest absolute Gasteiger partial charge is 0.392 e. The van der Waals surface area contributed by atoms with Crippen LogP contribution in [0.15, 0.2) is 0 Å². The van der Waals surface area contributed by atoms with Crippen LogP contribution in [0.2, 0.25) is 0 Å². The van der Waals surface area contributed by atoms with Crippen molar-refractivity contribution in [3.05, 3.63) is 0 Å². The van der Waals surface area contributed by atoms with E-state index in [0.29, 0.717) is 0 Å². The van der Waals surface area contributed by atoms with Crippen LogP contribution in [-0.2, 0) is 17.1 Å². The fourth-order valence-corrected chi connectivity index (χ4v) is 1.57. The molecule has 111 valence electrons.